The van der Waals surface area contributed by atoms with Gasteiger partial charge >= 0.3 is 0 Å². The number of hydrogen-bond acceptors (Lipinski definition) is 2. The minimum absolute atomic E-state index is 0.168. The van der Waals surface area contributed by atoms with Gasteiger partial charge in [-0.15, -0.1) is 0 Å². The van der Waals surface area contributed by atoms with E-state index >= 15 is 0 Å². The molecule has 1 amide bonds. The second-order valence-corrected chi connectivity index (χ2v) is 3.58. The lowest BCUT2D eigenvalue weighted by Crippen LogP contribution is -2.22. The van der Waals surface area contributed by atoms with Gasteiger partial charge in [0.2, 0.25) is 8.03 Å². The number of rotatable bonds is 3. The van der Waals surface area contributed by atoms with E-state index in [0.29, 0.717) is 5.56 Å². The lowest BCUT2D eigenvalue weighted by atomic mass is 10.2. The summed E-state index contributed by atoms with van der Waals surface area (Å²) in [6.45, 7) is 0. The third kappa shape index (κ3) is 3.40. The van der Waals surface area contributed by atoms with Crippen LogP contribution in [0.1, 0.15) is 10.4 Å². The summed E-state index contributed by atoms with van der Waals surface area (Å²) in [4.78, 5) is 19.7. The van der Waals surface area contributed by atoms with Crippen molar-refractivity contribution in [3.8, 4) is 0 Å². The molecule has 0 radical (unpaired) electrons. The van der Waals surface area contributed by atoms with Crippen molar-refractivity contribution in [3.63, 3.8) is 0 Å². The molecule has 0 fully saturated rings. The molecule has 0 aliphatic carbocycles. The molecule has 2 N–H and O–H groups in total. The maximum atomic E-state index is 11.2. The van der Waals surface area contributed by atoms with Crippen LogP contribution in [0.15, 0.2) is 30.3 Å². The maximum Gasteiger partial charge on any atom is 0.251 e. The number of nitrogens with one attached hydrogen (secondary N) is 1. The van der Waals surface area contributed by atoms with E-state index in [4.69, 9.17) is 4.89 Å². The molecule has 13 heavy (non-hydrogen) atoms. The van der Waals surface area contributed by atoms with Crippen LogP contribution in [-0.2, 0) is 4.57 Å². The predicted octanol–water partition coefficient (Wildman–Crippen LogP) is 0.841. The number of carbonyl (C=O) groups is 1. The Labute approximate surface area is 76.5 Å². The molecular weight excluding hydrogens is 189 g/mol. The van der Waals surface area contributed by atoms with Crippen molar-refractivity contribution in [3.05, 3.63) is 35.9 Å². The zero-order valence-corrected chi connectivity index (χ0v) is 7.86. The Morgan fingerprint density at radius 3 is 2.54 bits per heavy atom. The first-order valence-electron chi connectivity index (χ1n) is 3.75. The molecule has 1 unspecified atom stereocenters. The van der Waals surface area contributed by atoms with Gasteiger partial charge in [-0.05, 0) is 12.1 Å². The summed E-state index contributed by atoms with van der Waals surface area (Å²) in [7, 11) is -2.62. The van der Waals surface area contributed by atoms with Crippen LogP contribution in [0, 0.1) is 0 Å². The molecule has 0 saturated heterocycles. The fourth-order valence-corrected chi connectivity index (χ4v) is 1.16. The summed E-state index contributed by atoms with van der Waals surface area (Å²) in [5.41, 5.74) is 0.491. The van der Waals surface area contributed by atoms with E-state index in [1.807, 2.05) is 0 Å². The van der Waals surface area contributed by atoms with E-state index in [0.717, 1.165) is 0 Å². The van der Waals surface area contributed by atoms with Gasteiger partial charge in [0, 0.05) is 5.56 Å². The Bertz CT molecular complexity index is 312. The molecule has 0 aromatic heterocycles. The third-order valence-corrected chi connectivity index (χ3v) is 1.92. The zero-order chi connectivity index (χ0) is 9.68. The molecule has 1 atom stereocenters. The molecule has 0 heterocycles. The summed E-state index contributed by atoms with van der Waals surface area (Å²) in [6, 6.07) is 8.55. The Hall–Kier alpha value is -1.12. The molecule has 1 rings (SSSR count). The van der Waals surface area contributed by atoms with E-state index in [-0.39, 0.29) is 12.2 Å². The first-order valence-corrected chi connectivity index (χ1v) is 5.31. The van der Waals surface area contributed by atoms with E-state index in [1.165, 1.54) is 0 Å². The summed E-state index contributed by atoms with van der Waals surface area (Å²) < 4.78 is 10.3. The van der Waals surface area contributed by atoms with E-state index < -0.39 is 8.03 Å². The maximum absolute atomic E-state index is 11.2. The van der Waals surface area contributed by atoms with Crippen LogP contribution >= 0.6 is 8.03 Å². The van der Waals surface area contributed by atoms with E-state index in [1.54, 1.807) is 30.3 Å². The number of carbonyl (C=O) groups excluding carboxylic acids is 1. The molecule has 1 aromatic carbocycles. The summed E-state index contributed by atoms with van der Waals surface area (Å²) in [5, 5.41) is 2.34. The van der Waals surface area contributed by atoms with Crippen molar-refractivity contribution in [2.24, 2.45) is 0 Å². The Kier molecular flexibility index (Phi) is 3.68. The molecule has 0 aliphatic rings. The molecule has 0 aliphatic heterocycles. The minimum Gasteiger partial charge on any atom is -0.345 e. The van der Waals surface area contributed by atoms with E-state index in [2.05, 4.69) is 5.32 Å². The van der Waals surface area contributed by atoms with Gasteiger partial charge in [0.05, 0.1) is 6.29 Å². The molecule has 1 aromatic rings. The van der Waals surface area contributed by atoms with Crippen molar-refractivity contribution in [1.82, 2.24) is 5.32 Å². The Morgan fingerprint density at radius 2 is 2.00 bits per heavy atom. The molecule has 70 valence electrons. The lowest BCUT2D eigenvalue weighted by molar-refractivity contribution is 0.0959. The average molecular weight is 199 g/mol. The standard InChI is InChI=1S/C8H10NO3P/c10-8(9-6-13(11)12)7-4-2-1-3-5-7/h1-5,13H,6H2,(H,9,10)(H,11,12). The van der Waals surface area contributed by atoms with Crippen LogP contribution in [0.2, 0.25) is 0 Å². The van der Waals surface area contributed by atoms with Gasteiger partial charge in [0.15, 0.2) is 0 Å². The van der Waals surface area contributed by atoms with Crippen LogP contribution < -0.4 is 5.32 Å². The Morgan fingerprint density at radius 1 is 1.38 bits per heavy atom. The van der Waals surface area contributed by atoms with Crippen LogP contribution in [-0.4, -0.2) is 17.1 Å². The van der Waals surface area contributed by atoms with Crippen molar-refractivity contribution in [2.75, 3.05) is 6.29 Å². The van der Waals surface area contributed by atoms with Crippen molar-refractivity contribution in [2.45, 2.75) is 0 Å². The Balaban J connectivity index is 2.54. The van der Waals surface area contributed by atoms with Crippen molar-refractivity contribution < 1.29 is 14.3 Å². The van der Waals surface area contributed by atoms with Crippen LogP contribution in [0.5, 0.6) is 0 Å². The number of hydrogen-bond donors (Lipinski definition) is 2. The van der Waals surface area contributed by atoms with Gasteiger partial charge < -0.3 is 10.2 Å². The van der Waals surface area contributed by atoms with Gasteiger partial charge in [-0.1, -0.05) is 18.2 Å². The molecular formula is C8H10NO3P. The molecule has 0 spiro atoms. The van der Waals surface area contributed by atoms with Gasteiger partial charge in [0.25, 0.3) is 5.91 Å². The molecule has 5 heteroatoms. The first-order chi connectivity index (χ1) is 6.20. The van der Waals surface area contributed by atoms with E-state index in [9.17, 15) is 9.36 Å². The van der Waals surface area contributed by atoms with Crippen LogP contribution in [0.3, 0.4) is 0 Å². The van der Waals surface area contributed by atoms with Crippen molar-refractivity contribution in [1.29, 1.82) is 0 Å². The fourth-order valence-electron chi connectivity index (χ4n) is 0.847. The number of amides is 1. The fraction of sp³-hybridized carbons (Fsp3) is 0.125. The minimum atomic E-state index is -2.62. The molecule has 0 saturated carbocycles. The highest BCUT2D eigenvalue weighted by Gasteiger charge is 2.03. The van der Waals surface area contributed by atoms with Gasteiger partial charge in [-0.3, -0.25) is 9.36 Å². The van der Waals surface area contributed by atoms with Crippen LogP contribution in [0.25, 0.3) is 0 Å². The highest BCUT2D eigenvalue weighted by molar-refractivity contribution is 7.37. The lowest BCUT2D eigenvalue weighted by Gasteiger charge is -2.01. The van der Waals surface area contributed by atoms with Crippen molar-refractivity contribution >= 4 is 13.9 Å². The van der Waals surface area contributed by atoms with Crippen LogP contribution in [0.4, 0.5) is 0 Å². The van der Waals surface area contributed by atoms with Gasteiger partial charge in [-0.2, -0.15) is 0 Å². The molecule has 0 bridgehead atoms. The zero-order valence-electron chi connectivity index (χ0n) is 6.86. The highest BCUT2D eigenvalue weighted by Crippen LogP contribution is 2.09. The quantitative estimate of drug-likeness (QED) is 0.709. The topological polar surface area (TPSA) is 66.4 Å². The normalized spacial score (nSPS) is 12.1. The summed E-state index contributed by atoms with van der Waals surface area (Å²) >= 11 is 0. The highest BCUT2D eigenvalue weighted by atomic mass is 31.1. The first kappa shape index (κ1) is 9.96. The molecule has 4 nitrogen and oxygen atoms in total. The number of benzene rings is 1. The summed E-state index contributed by atoms with van der Waals surface area (Å²) in [6.07, 6.45) is -0.168. The smallest absolute Gasteiger partial charge is 0.251 e. The van der Waals surface area contributed by atoms with Gasteiger partial charge in [0.1, 0.15) is 0 Å². The monoisotopic (exact) mass is 199 g/mol. The second-order valence-electron chi connectivity index (χ2n) is 2.44. The second kappa shape index (κ2) is 4.80. The summed E-state index contributed by atoms with van der Waals surface area (Å²) in [5.74, 6) is -0.326. The average Bonchev–Trinajstić information content (AvgIpc) is 2.15. The predicted molar refractivity (Wildman–Crippen MR) is 50.0 cm³/mol. The SMILES string of the molecule is O=C(NC[PH](=O)O)c1ccccc1. The third-order valence-electron chi connectivity index (χ3n) is 1.44. The van der Waals surface area contributed by atoms with Gasteiger partial charge in [-0.25, -0.2) is 0 Å². The largest absolute Gasteiger partial charge is 0.345 e.